The first kappa shape index (κ1) is 25.8. The number of rotatable bonds is 9. The largest absolute Gasteiger partial charge is 0.503 e. The summed E-state index contributed by atoms with van der Waals surface area (Å²) in [5.41, 5.74) is 3.86. The zero-order valence-electron chi connectivity index (χ0n) is 20.9. The molecule has 0 atom stereocenters. The Balaban J connectivity index is 1.53. The monoisotopic (exact) mass is 519 g/mol. The van der Waals surface area contributed by atoms with Gasteiger partial charge >= 0.3 is 5.97 Å². The van der Waals surface area contributed by atoms with Gasteiger partial charge in [-0.15, -0.1) is 0 Å². The second-order valence-electron chi connectivity index (χ2n) is 8.07. The first-order valence-corrected chi connectivity index (χ1v) is 11.8. The van der Waals surface area contributed by atoms with Crippen LogP contribution in [-0.4, -0.2) is 35.7 Å². The van der Waals surface area contributed by atoms with E-state index in [-0.39, 0.29) is 12.2 Å². The Morgan fingerprint density at radius 1 is 1.05 bits per heavy atom. The predicted molar refractivity (Wildman–Crippen MR) is 143 cm³/mol. The molecule has 37 heavy (non-hydrogen) atoms. The minimum Gasteiger partial charge on any atom is -0.503 e. The Hall–Kier alpha value is -4.30. The number of fused-ring (bicyclic) bond motifs is 1. The normalized spacial score (nSPS) is 11.9. The highest BCUT2D eigenvalue weighted by molar-refractivity contribution is 6.30. The van der Waals surface area contributed by atoms with Gasteiger partial charge in [0.05, 0.1) is 26.0 Å². The number of halogens is 1. The zero-order chi connectivity index (χ0) is 26.4. The molecule has 0 unspecified atom stereocenters. The van der Waals surface area contributed by atoms with Crippen molar-refractivity contribution in [3.05, 3.63) is 94.8 Å². The third-order valence-electron chi connectivity index (χ3n) is 5.59. The summed E-state index contributed by atoms with van der Waals surface area (Å²) in [6.45, 7) is 1.96. The van der Waals surface area contributed by atoms with Crippen molar-refractivity contribution < 1.29 is 23.8 Å². The quantitative estimate of drug-likeness (QED) is 0.0870. The van der Waals surface area contributed by atoms with Crippen LogP contribution in [0, 0.1) is 0 Å². The molecule has 4 aromatic rings. The number of oxime groups is 1. The summed E-state index contributed by atoms with van der Waals surface area (Å²) in [6.07, 6.45) is 1.35. The molecule has 1 heterocycles. The van der Waals surface area contributed by atoms with Crippen LogP contribution in [0.15, 0.2) is 78.1 Å². The maximum atomic E-state index is 12.2. The number of benzene rings is 3. The van der Waals surface area contributed by atoms with Crippen LogP contribution in [0.25, 0.3) is 16.5 Å². The summed E-state index contributed by atoms with van der Waals surface area (Å²) >= 11 is 5.96. The van der Waals surface area contributed by atoms with Gasteiger partial charge < -0.3 is 19.0 Å². The van der Waals surface area contributed by atoms with Crippen LogP contribution in [0.5, 0.6) is 11.5 Å². The van der Waals surface area contributed by atoms with E-state index in [0.29, 0.717) is 33.5 Å². The van der Waals surface area contributed by atoms with Crippen molar-refractivity contribution in [3.8, 4) is 11.5 Å². The van der Waals surface area contributed by atoms with E-state index in [9.17, 15) is 4.79 Å². The molecule has 4 rings (SSSR count). The molecule has 1 aromatic heterocycles. The van der Waals surface area contributed by atoms with E-state index in [1.807, 2.05) is 62.5 Å². The lowest BCUT2D eigenvalue weighted by Crippen LogP contribution is -2.07. The van der Waals surface area contributed by atoms with Crippen molar-refractivity contribution in [2.24, 2.45) is 12.2 Å². The number of esters is 1. The summed E-state index contributed by atoms with van der Waals surface area (Å²) in [4.78, 5) is 17.9. The topological polar surface area (TPSA) is 84.2 Å². The molecular weight excluding hydrogens is 494 g/mol. The van der Waals surface area contributed by atoms with Gasteiger partial charge in [-0.2, -0.15) is 5.10 Å². The molecule has 0 saturated carbocycles. The summed E-state index contributed by atoms with van der Waals surface area (Å²) in [5.74, 6) is 0.860. The van der Waals surface area contributed by atoms with Gasteiger partial charge in [-0.25, -0.2) is 4.79 Å². The Kier molecular flexibility index (Phi) is 8.10. The lowest BCUT2D eigenvalue weighted by atomic mass is 10.0. The molecule has 0 saturated heterocycles. The van der Waals surface area contributed by atoms with E-state index < -0.39 is 5.97 Å². The maximum absolute atomic E-state index is 12.2. The number of aryl methyl sites for hydroxylation is 1. The van der Waals surface area contributed by atoms with Gasteiger partial charge in [0, 0.05) is 29.1 Å². The number of hydrogen-bond acceptors (Lipinski definition) is 7. The zero-order valence-corrected chi connectivity index (χ0v) is 21.7. The average molecular weight is 520 g/mol. The van der Waals surface area contributed by atoms with Crippen LogP contribution in [-0.2, 0) is 32.8 Å². The van der Waals surface area contributed by atoms with Crippen LogP contribution in [0.3, 0.4) is 0 Å². The number of carbonyl (C=O) groups is 1. The molecule has 0 fully saturated rings. The Morgan fingerprint density at radius 2 is 1.78 bits per heavy atom. The fraction of sp³-hybridized carbons (Fsp3) is 0.179. The standard InChI is InChI=1S/C28H26ClN3O5/c1-18(31-36-16-19-7-5-6-8-23(19)25(17-34-3)28(33)35-4)27-24-14-13-22(15-26(24)32(2)30-27)37-21-11-9-20(29)10-12-21/h5-15,17H,16H2,1-4H3. The van der Waals surface area contributed by atoms with Crippen LogP contribution in [0.2, 0.25) is 5.02 Å². The molecule has 3 aromatic carbocycles. The fourth-order valence-corrected chi connectivity index (χ4v) is 3.93. The number of methoxy groups -OCH3 is 2. The molecular formula is C28H26ClN3O5. The lowest BCUT2D eigenvalue weighted by Gasteiger charge is -2.11. The van der Waals surface area contributed by atoms with E-state index in [0.717, 1.165) is 16.5 Å². The molecule has 0 amide bonds. The molecule has 0 aliphatic carbocycles. The Morgan fingerprint density at radius 3 is 2.51 bits per heavy atom. The number of aromatic nitrogens is 2. The number of nitrogens with zero attached hydrogens (tertiary/aromatic N) is 3. The summed E-state index contributed by atoms with van der Waals surface area (Å²) in [7, 11) is 4.65. The molecule has 8 nitrogen and oxygen atoms in total. The highest BCUT2D eigenvalue weighted by Crippen LogP contribution is 2.28. The molecule has 9 heteroatoms. The second-order valence-corrected chi connectivity index (χ2v) is 8.51. The van der Waals surface area contributed by atoms with Gasteiger partial charge in [-0.05, 0) is 48.9 Å². The van der Waals surface area contributed by atoms with Crippen LogP contribution >= 0.6 is 11.6 Å². The second kappa shape index (κ2) is 11.6. The molecule has 0 aliphatic rings. The molecule has 0 radical (unpaired) electrons. The first-order chi connectivity index (χ1) is 17.9. The Labute approximate surface area is 219 Å². The van der Waals surface area contributed by atoms with Gasteiger partial charge in [0.2, 0.25) is 0 Å². The van der Waals surface area contributed by atoms with Gasteiger partial charge in [0.15, 0.2) is 0 Å². The van der Waals surface area contributed by atoms with Crippen molar-refractivity contribution in [2.75, 3.05) is 14.2 Å². The van der Waals surface area contributed by atoms with Crippen LogP contribution in [0.4, 0.5) is 0 Å². The third kappa shape index (κ3) is 5.92. The highest BCUT2D eigenvalue weighted by Gasteiger charge is 2.17. The summed E-state index contributed by atoms with van der Waals surface area (Å²) in [6, 6.07) is 20.2. The number of hydrogen-bond donors (Lipinski definition) is 0. The van der Waals surface area contributed by atoms with Crippen LogP contribution in [0.1, 0.15) is 23.7 Å². The molecule has 0 bridgehead atoms. The molecule has 0 spiro atoms. The molecule has 0 N–H and O–H groups in total. The van der Waals surface area contributed by atoms with E-state index in [1.165, 1.54) is 20.5 Å². The lowest BCUT2D eigenvalue weighted by molar-refractivity contribution is -0.133. The van der Waals surface area contributed by atoms with Gasteiger partial charge in [-0.3, -0.25) is 4.68 Å². The summed E-state index contributed by atoms with van der Waals surface area (Å²) < 4.78 is 17.7. The van der Waals surface area contributed by atoms with Crippen LogP contribution < -0.4 is 4.74 Å². The average Bonchev–Trinajstić information content (AvgIpc) is 3.24. The molecule has 0 aliphatic heterocycles. The third-order valence-corrected chi connectivity index (χ3v) is 5.84. The maximum Gasteiger partial charge on any atom is 0.341 e. The SMILES string of the molecule is COC=C(C(=O)OC)c1ccccc1CON=C(C)c1nn(C)c2cc(Oc3ccc(Cl)cc3)ccc12. The Bertz CT molecular complexity index is 1480. The van der Waals surface area contributed by atoms with Crippen molar-refractivity contribution >= 4 is 39.8 Å². The van der Waals surface area contributed by atoms with E-state index >= 15 is 0 Å². The van der Waals surface area contributed by atoms with Crippen molar-refractivity contribution in [1.29, 1.82) is 0 Å². The molecule has 190 valence electrons. The summed E-state index contributed by atoms with van der Waals surface area (Å²) in [5, 5.41) is 10.5. The fourth-order valence-electron chi connectivity index (χ4n) is 3.81. The van der Waals surface area contributed by atoms with Crippen molar-refractivity contribution in [1.82, 2.24) is 9.78 Å². The van der Waals surface area contributed by atoms with Gasteiger partial charge in [0.1, 0.15) is 35.1 Å². The highest BCUT2D eigenvalue weighted by atomic mass is 35.5. The smallest absolute Gasteiger partial charge is 0.341 e. The van der Waals surface area contributed by atoms with Crippen molar-refractivity contribution in [2.45, 2.75) is 13.5 Å². The first-order valence-electron chi connectivity index (χ1n) is 11.4. The van der Waals surface area contributed by atoms with Crippen molar-refractivity contribution in [3.63, 3.8) is 0 Å². The van der Waals surface area contributed by atoms with E-state index in [4.69, 9.17) is 30.6 Å². The van der Waals surface area contributed by atoms with E-state index in [2.05, 4.69) is 10.3 Å². The minimum atomic E-state index is -0.506. The van der Waals surface area contributed by atoms with E-state index in [1.54, 1.807) is 22.9 Å². The van der Waals surface area contributed by atoms with Gasteiger partial charge in [-0.1, -0.05) is 41.0 Å². The number of ether oxygens (including phenoxy) is 3. The minimum absolute atomic E-state index is 0.134. The van der Waals surface area contributed by atoms with Gasteiger partial charge in [0.25, 0.3) is 0 Å². The predicted octanol–water partition coefficient (Wildman–Crippen LogP) is 6.12. The number of carbonyl (C=O) groups excluding carboxylic acids is 1.